The van der Waals surface area contributed by atoms with Gasteiger partial charge in [-0.1, -0.05) is 0 Å². The molecule has 0 saturated carbocycles. The Morgan fingerprint density at radius 1 is 1.32 bits per heavy atom. The molecule has 1 aliphatic rings. The lowest BCUT2D eigenvalue weighted by Gasteiger charge is -2.31. The highest BCUT2D eigenvalue weighted by Gasteiger charge is 2.34. The Hall–Kier alpha value is -2.16. The summed E-state index contributed by atoms with van der Waals surface area (Å²) in [5.74, 6) is -2.18. The summed E-state index contributed by atoms with van der Waals surface area (Å²) in [6.07, 6.45) is -3.38. The number of nitrogens with two attached hydrogens (primary N) is 1. The highest BCUT2D eigenvalue weighted by atomic mass is 19.4. The maximum atomic E-state index is 13.3. The summed E-state index contributed by atoms with van der Waals surface area (Å²) >= 11 is 0. The topological polar surface area (TPSA) is 75.4 Å². The Morgan fingerprint density at radius 3 is 2.68 bits per heavy atom. The van der Waals surface area contributed by atoms with Crippen LogP contribution in [-0.2, 0) is 22.3 Å². The molecule has 1 atom stereocenters. The molecule has 1 aromatic carbocycles. The van der Waals surface area contributed by atoms with E-state index in [0.717, 1.165) is 12.1 Å². The molecule has 0 spiro atoms. The number of carbonyl (C=O) groups is 2. The van der Waals surface area contributed by atoms with E-state index >= 15 is 0 Å². The van der Waals surface area contributed by atoms with Crippen LogP contribution >= 0.6 is 0 Å². The fourth-order valence-corrected chi connectivity index (χ4v) is 2.95. The van der Waals surface area contributed by atoms with Gasteiger partial charge < -0.3 is 11.1 Å². The number of piperidine rings is 1. The van der Waals surface area contributed by atoms with E-state index in [0.29, 0.717) is 32.0 Å². The van der Waals surface area contributed by atoms with Crippen LogP contribution in [0, 0.1) is 11.7 Å². The molecule has 2 amide bonds. The molecule has 25 heavy (non-hydrogen) atoms. The molecule has 0 bridgehead atoms. The fraction of sp³-hybridized carbons (Fsp3) is 0.500. The number of halogens is 4. The summed E-state index contributed by atoms with van der Waals surface area (Å²) in [5.41, 5.74) is 3.82. The second kappa shape index (κ2) is 7.81. The number of rotatable bonds is 5. The Bertz CT molecular complexity index is 649. The van der Waals surface area contributed by atoms with Crippen molar-refractivity contribution in [1.29, 1.82) is 0 Å². The molecule has 138 valence electrons. The van der Waals surface area contributed by atoms with Gasteiger partial charge in [0.1, 0.15) is 5.82 Å². The quantitative estimate of drug-likeness (QED) is 0.784. The molecule has 1 saturated heterocycles. The number of benzene rings is 1. The van der Waals surface area contributed by atoms with Crippen molar-refractivity contribution in [2.45, 2.75) is 25.6 Å². The molecule has 1 aromatic rings. The van der Waals surface area contributed by atoms with Crippen molar-refractivity contribution in [2.75, 3.05) is 19.6 Å². The zero-order chi connectivity index (χ0) is 18.6. The largest absolute Gasteiger partial charge is 0.416 e. The number of alkyl halides is 3. The lowest BCUT2D eigenvalue weighted by Crippen LogP contribution is -2.45. The molecule has 2 rings (SSSR count). The SMILES string of the molecule is NC(=O)CN1CCCC(C(=O)NCc2cc(F)ccc2C(F)(F)F)C1. The number of hydrogen-bond donors (Lipinski definition) is 2. The highest BCUT2D eigenvalue weighted by molar-refractivity contribution is 5.79. The number of amides is 2. The van der Waals surface area contributed by atoms with Crippen molar-refractivity contribution in [3.8, 4) is 0 Å². The molecule has 1 unspecified atom stereocenters. The van der Waals surface area contributed by atoms with Gasteiger partial charge in [-0.05, 0) is 43.1 Å². The monoisotopic (exact) mass is 361 g/mol. The van der Waals surface area contributed by atoms with Gasteiger partial charge >= 0.3 is 6.18 Å². The van der Waals surface area contributed by atoms with Crippen molar-refractivity contribution in [3.05, 3.63) is 35.1 Å². The Morgan fingerprint density at radius 2 is 2.04 bits per heavy atom. The van der Waals surface area contributed by atoms with Gasteiger partial charge in [-0.3, -0.25) is 14.5 Å². The molecule has 9 heteroatoms. The zero-order valence-electron chi connectivity index (χ0n) is 13.4. The van der Waals surface area contributed by atoms with Crippen LogP contribution in [0.4, 0.5) is 17.6 Å². The number of nitrogens with zero attached hydrogens (tertiary/aromatic N) is 1. The molecule has 0 aromatic heterocycles. The van der Waals surface area contributed by atoms with Crippen LogP contribution in [0.2, 0.25) is 0 Å². The summed E-state index contributed by atoms with van der Waals surface area (Å²) < 4.78 is 52.1. The normalized spacial score (nSPS) is 18.8. The van der Waals surface area contributed by atoms with Crippen molar-refractivity contribution in [3.63, 3.8) is 0 Å². The minimum Gasteiger partial charge on any atom is -0.369 e. The molecular formula is C16H19F4N3O2. The van der Waals surface area contributed by atoms with E-state index in [1.165, 1.54) is 0 Å². The first-order valence-corrected chi connectivity index (χ1v) is 7.81. The first-order valence-electron chi connectivity index (χ1n) is 7.81. The van der Waals surface area contributed by atoms with E-state index in [2.05, 4.69) is 5.32 Å². The molecule has 1 fully saturated rings. The van der Waals surface area contributed by atoms with E-state index in [4.69, 9.17) is 5.73 Å². The van der Waals surface area contributed by atoms with Crippen LogP contribution in [0.25, 0.3) is 0 Å². The van der Waals surface area contributed by atoms with Crippen LogP contribution < -0.4 is 11.1 Å². The van der Waals surface area contributed by atoms with E-state index in [1.54, 1.807) is 4.90 Å². The summed E-state index contributed by atoms with van der Waals surface area (Å²) in [6, 6.07) is 2.16. The van der Waals surface area contributed by atoms with Gasteiger partial charge in [0.2, 0.25) is 11.8 Å². The Labute approximate surface area is 142 Å². The summed E-state index contributed by atoms with van der Waals surface area (Å²) in [6.45, 7) is 0.558. The highest BCUT2D eigenvalue weighted by Crippen LogP contribution is 2.32. The smallest absolute Gasteiger partial charge is 0.369 e. The van der Waals surface area contributed by atoms with E-state index in [1.807, 2.05) is 0 Å². The Kier molecular flexibility index (Phi) is 5.99. The molecule has 0 radical (unpaired) electrons. The number of hydrogen-bond acceptors (Lipinski definition) is 3. The first-order chi connectivity index (χ1) is 11.7. The number of primary amides is 1. The van der Waals surface area contributed by atoms with E-state index < -0.39 is 41.8 Å². The van der Waals surface area contributed by atoms with Gasteiger partial charge in [0, 0.05) is 13.1 Å². The maximum Gasteiger partial charge on any atom is 0.416 e. The predicted molar refractivity (Wildman–Crippen MR) is 81.6 cm³/mol. The lowest BCUT2D eigenvalue weighted by molar-refractivity contribution is -0.138. The van der Waals surface area contributed by atoms with Crippen molar-refractivity contribution in [2.24, 2.45) is 11.7 Å². The average Bonchev–Trinajstić information content (AvgIpc) is 2.51. The van der Waals surface area contributed by atoms with Crippen LogP contribution in [0.5, 0.6) is 0 Å². The number of likely N-dealkylation sites (tertiary alicyclic amines) is 1. The molecular weight excluding hydrogens is 342 g/mol. The van der Waals surface area contributed by atoms with Gasteiger partial charge in [0.05, 0.1) is 18.0 Å². The zero-order valence-corrected chi connectivity index (χ0v) is 13.4. The minimum atomic E-state index is -4.63. The third-order valence-corrected chi connectivity index (χ3v) is 4.08. The van der Waals surface area contributed by atoms with Gasteiger partial charge in [0.15, 0.2) is 0 Å². The van der Waals surface area contributed by atoms with Crippen molar-refractivity contribution < 1.29 is 27.2 Å². The second-order valence-electron chi connectivity index (χ2n) is 6.06. The van der Waals surface area contributed by atoms with E-state index in [-0.39, 0.29) is 12.1 Å². The van der Waals surface area contributed by atoms with Crippen molar-refractivity contribution in [1.82, 2.24) is 10.2 Å². The molecule has 0 aliphatic carbocycles. The first kappa shape index (κ1) is 19.2. The van der Waals surface area contributed by atoms with Gasteiger partial charge in [0.25, 0.3) is 0 Å². The summed E-state index contributed by atoms with van der Waals surface area (Å²) in [7, 11) is 0. The molecule has 1 aliphatic heterocycles. The van der Waals surface area contributed by atoms with Crippen LogP contribution in [-0.4, -0.2) is 36.3 Å². The van der Waals surface area contributed by atoms with Crippen LogP contribution in [0.3, 0.4) is 0 Å². The van der Waals surface area contributed by atoms with Gasteiger partial charge in [-0.25, -0.2) is 4.39 Å². The third kappa shape index (κ3) is 5.42. The minimum absolute atomic E-state index is 0.0336. The molecule has 1 heterocycles. The fourth-order valence-electron chi connectivity index (χ4n) is 2.95. The average molecular weight is 361 g/mol. The summed E-state index contributed by atoms with van der Waals surface area (Å²) in [5, 5.41) is 2.43. The van der Waals surface area contributed by atoms with Crippen LogP contribution in [0.15, 0.2) is 18.2 Å². The maximum absolute atomic E-state index is 13.3. The second-order valence-corrected chi connectivity index (χ2v) is 6.06. The summed E-state index contributed by atoms with van der Waals surface area (Å²) in [4.78, 5) is 24.9. The van der Waals surface area contributed by atoms with Crippen molar-refractivity contribution >= 4 is 11.8 Å². The van der Waals surface area contributed by atoms with Gasteiger partial charge in [-0.15, -0.1) is 0 Å². The Balaban J connectivity index is 2.00. The molecule has 5 nitrogen and oxygen atoms in total. The lowest BCUT2D eigenvalue weighted by atomic mass is 9.97. The molecule has 3 N–H and O–H groups in total. The van der Waals surface area contributed by atoms with Crippen LogP contribution in [0.1, 0.15) is 24.0 Å². The standard InChI is InChI=1S/C16H19F4N3O2/c17-12-3-4-13(16(18,19)20)11(6-12)7-22-15(25)10-2-1-5-23(8-10)9-14(21)24/h3-4,6,10H,1-2,5,7-9H2,(H2,21,24)(H,22,25). The number of nitrogens with one attached hydrogen (secondary N) is 1. The number of carbonyl (C=O) groups excluding carboxylic acids is 2. The van der Waals surface area contributed by atoms with Gasteiger partial charge in [-0.2, -0.15) is 13.2 Å². The third-order valence-electron chi connectivity index (χ3n) is 4.08. The van der Waals surface area contributed by atoms with E-state index in [9.17, 15) is 27.2 Å². The predicted octanol–water partition coefficient (Wildman–Crippen LogP) is 1.66.